The molecular weight excluding hydrogens is 231 g/mol. The number of carbonyl (C=O) groups is 1. The number of hydrogen-bond acceptors (Lipinski definition) is 3. The van der Waals surface area contributed by atoms with Crippen LogP contribution in [0.2, 0.25) is 0 Å². The molecule has 2 aromatic rings. The number of nitrogens with zero attached hydrogens (tertiary/aromatic N) is 1. The highest BCUT2D eigenvalue weighted by Crippen LogP contribution is 2.18. The predicted molar refractivity (Wildman–Crippen MR) is 55.0 cm³/mol. The van der Waals surface area contributed by atoms with E-state index < -0.39 is 28.8 Å². The molecule has 7 heteroatoms. The number of H-pyrrole nitrogens is 1. The van der Waals surface area contributed by atoms with Crippen LogP contribution in [0.5, 0.6) is 5.88 Å². The summed E-state index contributed by atoms with van der Waals surface area (Å²) in [5.74, 6) is -2.75. The van der Waals surface area contributed by atoms with Crippen LogP contribution in [-0.4, -0.2) is 26.0 Å². The van der Waals surface area contributed by atoms with Crippen molar-refractivity contribution in [2.24, 2.45) is 0 Å². The van der Waals surface area contributed by atoms with Crippen LogP contribution in [0.25, 0.3) is 5.69 Å². The summed E-state index contributed by atoms with van der Waals surface area (Å²) in [6, 6.07) is 4.81. The number of halogens is 1. The SMILES string of the molecule is O=C(O)c1c(O)n(-c2ccc(F)cc2)[nH]c1=O. The minimum absolute atomic E-state index is 0.244. The van der Waals surface area contributed by atoms with Gasteiger partial charge in [-0.15, -0.1) is 0 Å². The second kappa shape index (κ2) is 3.78. The van der Waals surface area contributed by atoms with E-state index in [0.29, 0.717) is 0 Å². The number of aromatic nitrogens is 2. The lowest BCUT2D eigenvalue weighted by Gasteiger charge is -2.03. The van der Waals surface area contributed by atoms with Gasteiger partial charge in [0.15, 0.2) is 5.56 Å². The summed E-state index contributed by atoms with van der Waals surface area (Å²) in [5, 5.41) is 20.4. The van der Waals surface area contributed by atoms with Crippen molar-refractivity contribution < 1.29 is 19.4 Å². The monoisotopic (exact) mass is 238 g/mol. The molecule has 1 aromatic heterocycles. The van der Waals surface area contributed by atoms with Crippen LogP contribution in [0.1, 0.15) is 10.4 Å². The fourth-order valence-electron chi connectivity index (χ4n) is 1.39. The standard InChI is InChI=1S/C10H7FN2O4/c11-5-1-3-6(4-2-5)13-9(15)7(10(16)17)8(14)12-13/h1-4,15H,(H,12,14)(H,16,17). The number of nitrogens with one attached hydrogen (secondary N) is 1. The Morgan fingerprint density at radius 2 is 1.88 bits per heavy atom. The van der Waals surface area contributed by atoms with Crippen LogP contribution < -0.4 is 5.56 Å². The van der Waals surface area contributed by atoms with Crippen molar-refractivity contribution in [2.75, 3.05) is 0 Å². The van der Waals surface area contributed by atoms with Gasteiger partial charge in [-0.05, 0) is 24.3 Å². The summed E-state index contributed by atoms with van der Waals surface area (Å²) < 4.78 is 13.5. The highest BCUT2D eigenvalue weighted by molar-refractivity contribution is 5.89. The van der Waals surface area contributed by atoms with E-state index in [2.05, 4.69) is 5.10 Å². The quantitative estimate of drug-likeness (QED) is 0.717. The normalized spacial score (nSPS) is 10.4. The second-order valence-corrected chi connectivity index (χ2v) is 3.26. The summed E-state index contributed by atoms with van der Waals surface area (Å²) in [7, 11) is 0. The van der Waals surface area contributed by atoms with Gasteiger partial charge in [0.1, 0.15) is 5.82 Å². The molecule has 0 amide bonds. The van der Waals surface area contributed by atoms with E-state index in [4.69, 9.17) is 5.11 Å². The number of aromatic hydroxyl groups is 1. The summed E-state index contributed by atoms with van der Waals surface area (Å²) in [4.78, 5) is 21.9. The molecule has 2 rings (SSSR count). The molecule has 1 heterocycles. The van der Waals surface area contributed by atoms with Gasteiger partial charge in [-0.1, -0.05) is 0 Å². The maximum absolute atomic E-state index is 12.7. The topological polar surface area (TPSA) is 95.3 Å². The zero-order valence-electron chi connectivity index (χ0n) is 8.35. The zero-order valence-corrected chi connectivity index (χ0v) is 8.35. The molecule has 1 aromatic carbocycles. The summed E-state index contributed by atoms with van der Waals surface area (Å²) in [5.41, 5.74) is -1.44. The highest BCUT2D eigenvalue weighted by Gasteiger charge is 2.21. The predicted octanol–water partition coefficient (Wildman–Crippen LogP) is 0.708. The first-order valence-electron chi connectivity index (χ1n) is 4.54. The smallest absolute Gasteiger partial charge is 0.347 e. The molecule has 0 bridgehead atoms. The highest BCUT2D eigenvalue weighted by atomic mass is 19.1. The average Bonchev–Trinajstić information content (AvgIpc) is 2.55. The fourth-order valence-corrected chi connectivity index (χ4v) is 1.39. The van der Waals surface area contributed by atoms with E-state index in [1.54, 1.807) is 0 Å². The van der Waals surface area contributed by atoms with Crippen molar-refractivity contribution in [3.63, 3.8) is 0 Å². The van der Waals surface area contributed by atoms with Gasteiger partial charge in [-0.25, -0.2) is 13.9 Å². The van der Waals surface area contributed by atoms with E-state index in [9.17, 15) is 19.1 Å². The third kappa shape index (κ3) is 1.78. The molecule has 0 saturated carbocycles. The summed E-state index contributed by atoms with van der Waals surface area (Å²) in [6.07, 6.45) is 0. The fraction of sp³-hybridized carbons (Fsp3) is 0. The van der Waals surface area contributed by atoms with Gasteiger partial charge in [0.05, 0.1) is 5.69 Å². The van der Waals surface area contributed by atoms with Crippen molar-refractivity contribution in [3.8, 4) is 11.6 Å². The first kappa shape index (κ1) is 10.9. The molecule has 0 fully saturated rings. The van der Waals surface area contributed by atoms with Crippen LogP contribution in [0.3, 0.4) is 0 Å². The maximum Gasteiger partial charge on any atom is 0.347 e. The molecule has 3 N–H and O–H groups in total. The molecule has 0 unspecified atom stereocenters. The van der Waals surface area contributed by atoms with Crippen LogP contribution in [0, 0.1) is 5.82 Å². The third-order valence-electron chi connectivity index (χ3n) is 2.17. The molecule has 6 nitrogen and oxygen atoms in total. The van der Waals surface area contributed by atoms with Crippen molar-refractivity contribution in [2.45, 2.75) is 0 Å². The number of carboxylic acids is 1. The Morgan fingerprint density at radius 3 is 2.35 bits per heavy atom. The molecule has 88 valence electrons. The van der Waals surface area contributed by atoms with E-state index in [0.717, 1.165) is 16.8 Å². The first-order chi connectivity index (χ1) is 8.00. The van der Waals surface area contributed by atoms with E-state index >= 15 is 0 Å². The molecule has 17 heavy (non-hydrogen) atoms. The molecule has 0 aliphatic carbocycles. The van der Waals surface area contributed by atoms with Gasteiger partial charge >= 0.3 is 5.97 Å². The van der Waals surface area contributed by atoms with Crippen LogP contribution in [0.15, 0.2) is 29.1 Å². The van der Waals surface area contributed by atoms with Crippen LogP contribution >= 0.6 is 0 Å². The minimum Gasteiger partial charge on any atom is -0.493 e. The molecule has 0 atom stereocenters. The minimum atomic E-state index is -1.54. The van der Waals surface area contributed by atoms with Crippen molar-refractivity contribution in [1.29, 1.82) is 0 Å². The lowest BCUT2D eigenvalue weighted by Crippen LogP contribution is -2.11. The Bertz CT molecular complexity index is 627. The van der Waals surface area contributed by atoms with Crippen molar-refractivity contribution in [1.82, 2.24) is 9.78 Å². The molecule has 0 aliphatic rings. The number of aromatic amines is 1. The first-order valence-corrected chi connectivity index (χ1v) is 4.54. The summed E-state index contributed by atoms with van der Waals surface area (Å²) >= 11 is 0. The number of hydrogen-bond donors (Lipinski definition) is 3. The Balaban J connectivity index is 2.61. The second-order valence-electron chi connectivity index (χ2n) is 3.26. The zero-order chi connectivity index (χ0) is 12.6. The Morgan fingerprint density at radius 1 is 1.29 bits per heavy atom. The van der Waals surface area contributed by atoms with Gasteiger partial charge in [0.25, 0.3) is 5.56 Å². The van der Waals surface area contributed by atoms with E-state index in [-0.39, 0.29) is 5.69 Å². The molecule has 0 radical (unpaired) electrons. The van der Waals surface area contributed by atoms with Gasteiger partial charge in [-0.2, -0.15) is 0 Å². The number of aromatic carboxylic acids is 1. The van der Waals surface area contributed by atoms with Gasteiger partial charge in [-0.3, -0.25) is 9.89 Å². The molecular formula is C10H7FN2O4. The number of rotatable bonds is 2. The third-order valence-corrected chi connectivity index (χ3v) is 2.17. The van der Waals surface area contributed by atoms with Crippen molar-refractivity contribution in [3.05, 3.63) is 46.0 Å². The Hall–Kier alpha value is -2.57. The Kier molecular flexibility index (Phi) is 2.43. The van der Waals surface area contributed by atoms with Gasteiger partial charge in [0.2, 0.25) is 5.88 Å². The number of carboxylic acid groups (broad SMARTS) is 1. The largest absolute Gasteiger partial charge is 0.493 e. The summed E-state index contributed by atoms with van der Waals surface area (Å²) in [6.45, 7) is 0. The average molecular weight is 238 g/mol. The van der Waals surface area contributed by atoms with Gasteiger partial charge in [0, 0.05) is 0 Å². The van der Waals surface area contributed by atoms with Crippen LogP contribution in [0.4, 0.5) is 4.39 Å². The lowest BCUT2D eigenvalue weighted by atomic mass is 10.3. The van der Waals surface area contributed by atoms with Crippen LogP contribution in [-0.2, 0) is 0 Å². The molecule has 0 aliphatic heterocycles. The number of benzene rings is 1. The Labute approximate surface area is 93.5 Å². The lowest BCUT2D eigenvalue weighted by molar-refractivity contribution is 0.0692. The van der Waals surface area contributed by atoms with Crippen molar-refractivity contribution >= 4 is 5.97 Å². The maximum atomic E-state index is 12.7. The van der Waals surface area contributed by atoms with E-state index in [1.807, 2.05) is 0 Å². The van der Waals surface area contributed by atoms with Gasteiger partial charge < -0.3 is 10.2 Å². The van der Waals surface area contributed by atoms with E-state index in [1.165, 1.54) is 12.1 Å². The molecule has 0 saturated heterocycles. The molecule has 0 spiro atoms.